The Kier molecular flexibility index (Phi) is 5.04. The Morgan fingerprint density at radius 2 is 1.96 bits per heavy atom. The summed E-state index contributed by atoms with van der Waals surface area (Å²) in [5.41, 5.74) is 1.16. The van der Waals surface area contributed by atoms with Crippen LogP contribution in [-0.4, -0.2) is 69.2 Å². The predicted molar refractivity (Wildman–Crippen MR) is 111 cm³/mol. The first-order valence-electron chi connectivity index (χ1n) is 10.3. The maximum Gasteiger partial charge on any atom is 0.225 e. The molecule has 6 nitrogen and oxygen atoms in total. The van der Waals surface area contributed by atoms with E-state index in [0.29, 0.717) is 10.7 Å². The van der Waals surface area contributed by atoms with Gasteiger partial charge >= 0.3 is 0 Å². The van der Waals surface area contributed by atoms with Crippen molar-refractivity contribution in [2.75, 3.05) is 33.2 Å². The molecule has 0 aliphatic carbocycles. The SMILES string of the molecule is CN1CCC2(CCCN2CC2CCC(n3ccc4c(Cl)nc(Cl)nc43)O2)CC1. The highest BCUT2D eigenvalue weighted by molar-refractivity contribution is 6.35. The number of hydrogen-bond acceptors (Lipinski definition) is 5. The summed E-state index contributed by atoms with van der Waals surface area (Å²) in [5.74, 6) is 0. The van der Waals surface area contributed by atoms with E-state index in [1.807, 2.05) is 12.3 Å². The lowest BCUT2D eigenvalue weighted by atomic mass is 9.85. The maximum absolute atomic E-state index is 6.48. The maximum atomic E-state index is 6.48. The molecule has 0 bridgehead atoms. The second-order valence-electron chi connectivity index (χ2n) is 8.61. The first-order valence-corrected chi connectivity index (χ1v) is 11.1. The van der Waals surface area contributed by atoms with Crippen LogP contribution in [0.5, 0.6) is 0 Å². The highest BCUT2D eigenvalue weighted by atomic mass is 35.5. The lowest BCUT2D eigenvalue weighted by Gasteiger charge is -2.45. The fourth-order valence-corrected chi connectivity index (χ4v) is 5.79. The van der Waals surface area contributed by atoms with Gasteiger partial charge in [-0.15, -0.1) is 0 Å². The average molecular weight is 424 g/mol. The summed E-state index contributed by atoms with van der Waals surface area (Å²) in [6, 6.07) is 1.94. The molecule has 0 saturated carbocycles. The number of fused-ring (bicyclic) bond motifs is 1. The van der Waals surface area contributed by atoms with Gasteiger partial charge in [0.25, 0.3) is 0 Å². The van der Waals surface area contributed by atoms with Gasteiger partial charge in [0.05, 0.1) is 11.5 Å². The molecule has 2 unspecified atom stereocenters. The highest BCUT2D eigenvalue weighted by Crippen LogP contribution is 2.40. The standard InChI is InChI=1S/C20H27Cl2N5O/c1-25-11-7-20(8-12-25)6-2-9-26(20)13-14-3-4-16(28-14)27-10-5-15-17(21)23-19(22)24-18(15)27/h5,10,14,16H,2-4,6-9,11-13H2,1H3. The summed E-state index contributed by atoms with van der Waals surface area (Å²) in [6.45, 7) is 4.66. The van der Waals surface area contributed by atoms with E-state index in [1.54, 1.807) is 0 Å². The number of likely N-dealkylation sites (tertiary alicyclic amines) is 2. The van der Waals surface area contributed by atoms with Crippen molar-refractivity contribution < 1.29 is 4.74 Å². The van der Waals surface area contributed by atoms with Gasteiger partial charge in [0.2, 0.25) is 5.28 Å². The zero-order chi connectivity index (χ0) is 19.3. The van der Waals surface area contributed by atoms with E-state index >= 15 is 0 Å². The van der Waals surface area contributed by atoms with Gasteiger partial charge < -0.3 is 14.2 Å². The van der Waals surface area contributed by atoms with Gasteiger partial charge in [-0.25, -0.2) is 4.98 Å². The van der Waals surface area contributed by atoms with Gasteiger partial charge in [-0.3, -0.25) is 4.90 Å². The van der Waals surface area contributed by atoms with Crippen LogP contribution < -0.4 is 0 Å². The minimum atomic E-state index is -0.0134. The topological polar surface area (TPSA) is 46.4 Å². The molecule has 0 radical (unpaired) electrons. The third kappa shape index (κ3) is 3.33. The van der Waals surface area contributed by atoms with E-state index in [4.69, 9.17) is 27.9 Å². The Hall–Kier alpha value is -0.920. The second kappa shape index (κ2) is 7.40. The number of nitrogens with zero attached hydrogens (tertiary/aromatic N) is 5. The number of aromatic nitrogens is 3. The molecule has 3 aliphatic heterocycles. The van der Waals surface area contributed by atoms with Gasteiger partial charge in [-0.05, 0) is 82.9 Å². The molecule has 5 rings (SSSR count). The molecule has 0 N–H and O–H groups in total. The van der Waals surface area contributed by atoms with Crippen LogP contribution in [0.2, 0.25) is 10.4 Å². The van der Waals surface area contributed by atoms with Crippen molar-refractivity contribution in [2.24, 2.45) is 0 Å². The first-order chi connectivity index (χ1) is 13.5. The van der Waals surface area contributed by atoms with E-state index in [9.17, 15) is 0 Å². The third-order valence-corrected chi connectivity index (χ3v) is 7.43. The van der Waals surface area contributed by atoms with Gasteiger partial charge in [0, 0.05) is 18.3 Å². The van der Waals surface area contributed by atoms with E-state index < -0.39 is 0 Å². The molecular formula is C20H27Cl2N5O. The van der Waals surface area contributed by atoms with Gasteiger partial charge in [-0.2, -0.15) is 4.98 Å². The molecule has 3 aliphatic rings. The van der Waals surface area contributed by atoms with Crippen molar-refractivity contribution in [3.63, 3.8) is 0 Å². The van der Waals surface area contributed by atoms with Crippen LogP contribution in [0.25, 0.3) is 11.0 Å². The van der Waals surface area contributed by atoms with E-state index in [1.165, 1.54) is 45.3 Å². The lowest BCUT2D eigenvalue weighted by molar-refractivity contribution is -0.0323. The zero-order valence-electron chi connectivity index (χ0n) is 16.3. The smallest absolute Gasteiger partial charge is 0.225 e. The number of halogens is 2. The first kappa shape index (κ1) is 19.1. The fraction of sp³-hybridized carbons (Fsp3) is 0.700. The molecule has 3 fully saturated rings. The fourth-order valence-electron chi connectivity index (χ4n) is 5.36. The molecule has 28 heavy (non-hydrogen) atoms. The summed E-state index contributed by atoms with van der Waals surface area (Å²) < 4.78 is 8.53. The molecule has 8 heteroatoms. The Bertz CT molecular complexity index is 864. The Balaban J connectivity index is 1.29. The summed E-state index contributed by atoms with van der Waals surface area (Å²) in [4.78, 5) is 13.6. The lowest BCUT2D eigenvalue weighted by Crippen LogP contribution is -2.53. The monoisotopic (exact) mass is 423 g/mol. The van der Waals surface area contributed by atoms with Crippen molar-refractivity contribution >= 4 is 34.2 Å². The number of hydrogen-bond donors (Lipinski definition) is 0. The van der Waals surface area contributed by atoms with Gasteiger partial charge in [0.15, 0.2) is 0 Å². The Labute approximate surface area is 175 Å². The van der Waals surface area contributed by atoms with Crippen molar-refractivity contribution in [2.45, 2.75) is 56.4 Å². The normalized spacial score (nSPS) is 28.7. The third-order valence-electron chi connectivity index (χ3n) is 6.98. The van der Waals surface area contributed by atoms with Crippen LogP contribution in [-0.2, 0) is 4.74 Å². The molecule has 152 valence electrons. The zero-order valence-corrected chi connectivity index (χ0v) is 17.8. The predicted octanol–water partition coefficient (Wildman–Crippen LogP) is 3.98. The molecule has 3 saturated heterocycles. The van der Waals surface area contributed by atoms with Crippen LogP contribution >= 0.6 is 23.2 Å². The van der Waals surface area contributed by atoms with E-state index in [2.05, 4.69) is 31.4 Å². The van der Waals surface area contributed by atoms with Gasteiger partial charge in [0.1, 0.15) is 17.0 Å². The highest BCUT2D eigenvalue weighted by Gasteiger charge is 2.44. The number of piperidine rings is 1. The summed E-state index contributed by atoms with van der Waals surface area (Å²) in [5, 5.41) is 1.39. The molecule has 0 amide bonds. The van der Waals surface area contributed by atoms with Crippen LogP contribution in [0, 0.1) is 0 Å². The molecular weight excluding hydrogens is 397 g/mol. The minimum Gasteiger partial charge on any atom is -0.353 e. The largest absolute Gasteiger partial charge is 0.353 e. The van der Waals surface area contributed by atoms with E-state index in [0.717, 1.165) is 30.4 Å². The molecule has 2 aromatic heterocycles. The van der Waals surface area contributed by atoms with Crippen LogP contribution in [0.1, 0.15) is 44.8 Å². The summed E-state index contributed by atoms with van der Waals surface area (Å²) in [7, 11) is 2.24. The van der Waals surface area contributed by atoms with Gasteiger partial charge in [-0.1, -0.05) is 11.6 Å². The van der Waals surface area contributed by atoms with Crippen molar-refractivity contribution in [1.82, 2.24) is 24.3 Å². The van der Waals surface area contributed by atoms with Crippen LogP contribution in [0.15, 0.2) is 12.3 Å². The number of rotatable bonds is 3. The van der Waals surface area contributed by atoms with Crippen LogP contribution in [0.4, 0.5) is 0 Å². The average Bonchev–Trinajstić information content (AvgIpc) is 3.37. The Morgan fingerprint density at radius 1 is 1.14 bits per heavy atom. The second-order valence-corrected chi connectivity index (χ2v) is 9.31. The summed E-state index contributed by atoms with van der Waals surface area (Å²) >= 11 is 12.2. The molecule has 1 spiro atoms. The van der Waals surface area contributed by atoms with Crippen molar-refractivity contribution in [3.8, 4) is 0 Å². The quantitative estimate of drug-likeness (QED) is 0.551. The molecule has 0 aromatic carbocycles. The Morgan fingerprint density at radius 3 is 2.79 bits per heavy atom. The van der Waals surface area contributed by atoms with E-state index in [-0.39, 0.29) is 17.6 Å². The van der Waals surface area contributed by atoms with Crippen molar-refractivity contribution in [1.29, 1.82) is 0 Å². The molecule has 2 aromatic rings. The minimum absolute atomic E-state index is 0.0134. The number of ether oxygens (including phenoxy) is 1. The van der Waals surface area contributed by atoms with Crippen LogP contribution in [0.3, 0.4) is 0 Å². The molecule has 2 atom stereocenters. The summed E-state index contributed by atoms with van der Waals surface area (Å²) in [6.07, 6.45) is 9.53. The van der Waals surface area contributed by atoms with Crippen molar-refractivity contribution in [3.05, 3.63) is 22.7 Å². The molecule has 5 heterocycles.